The molecule has 0 N–H and O–H groups in total. The van der Waals surface area contributed by atoms with E-state index in [0.717, 1.165) is 88.7 Å². The van der Waals surface area contributed by atoms with Gasteiger partial charge in [-0.05, 0) is 133 Å². The number of nitrogens with zero attached hydrogens (tertiary/aromatic N) is 1. The number of hydrogen-bond acceptors (Lipinski definition) is 1. The molecule has 1 nitrogen and oxygen atoms in total. The van der Waals surface area contributed by atoms with Crippen LogP contribution in [0.15, 0.2) is 230 Å². The van der Waals surface area contributed by atoms with Gasteiger partial charge < -0.3 is 4.57 Å². The summed E-state index contributed by atoms with van der Waals surface area (Å²) in [4.78, 5) is 0. The molecule has 0 radical (unpaired) electrons. The van der Waals surface area contributed by atoms with Crippen LogP contribution in [0, 0.1) is 0 Å². The van der Waals surface area contributed by atoms with Crippen molar-refractivity contribution in [3.05, 3.63) is 247 Å². The van der Waals surface area contributed by atoms with Gasteiger partial charge in [0, 0.05) is 42.6 Å². The van der Waals surface area contributed by atoms with Crippen molar-refractivity contribution >= 4 is 53.3 Å². The van der Waals surface area contributed by atoms with Crippen LogP contribution < -0.4 is 0 Å². The molecular weight excluding hydrogens is 779 g/mol. The largest absolute Gasteiger partial charge is 0.309 e. The van der Waals surface area contributed by atoms with Gasteiger partial charge in [-0.25, -0.2) is 0 Å². The first-order valence-electron chi connectivity index (χ1n) is 23.0. The third-order valence-corrected chi connectivity index (χ3v) is 14.1. The zero-order valence-electron chi connectivity index (χ0n) is 37.1. The number of rotatable bonds is 6. The highest BCUT2D eigenvalue weighted by Crippen LogP contribution is 2.52. The smallest absolute Gasteiger partial charge is 0.0636 e. The third-order valence-electron chi connectivity index (χ3n) is 13.0. The lowest BCUT2D eigenvalue weighted by molar-refractivity contribution is 1.03. The molecule has 1 atom stereocenters. The van der Waals surface area contributed by atoms with Crippen LogP contribution in [0.2, 0.25) is 0 Å². The summed E-state index contributed by atoms with van der Waals surface area (Å²) >= 11 is 1.79. The van der Waals surface area contributed by atoms with E-state index >= 15 is 0 Å². The monoisotopic (exact) mass is 820 g/mol. The van der Waals surface area contributed by atoms with Gasteiger partial charge in [0.05, 0.1) is 15.1 Å². The SMILES string of the molecule is [2H]c1c([2H])c2c(c([2H])c1-c1ccc3c(c1)c1cc(-c4cccc(-c5ccccc5)c4)ccc1n3-c1cccc(-c3ccccc3)c1)-c1ccccc1C2c1cccc2sc3ccccc3c12. The Bertz CT molecular complexity index is 3920. The second-order valence-corrected chi connectivity index (χ2v) is 17.6. The standard InChI is InChI=1S/C61H39NS/c1-3-14-39(15-4-1)41-18-11-19-42(34-41)45-29-32-56-54(37-45)55-38-46(30-33-57(55)62(56)47-21-12-20-43(35-47)40-16-5-2-6-17-40)44-28-31-50-53(36-44)48-22-7-8-23-49(48)60(50)52-25-13-27-59-61(52)51-24-9-10-26-58(51)63-59/h1-38,60H/i28D,31D,36D. The number of benzene rings is 10. The Labute approximate surface area is 374 Å². The van der Waals surface area contributed by atoms with E-state index in [9.17, 15) is 4.11 Å². The fraction of sp³-hybridized carbons (Fsp3) is 0.0164. The lowest BCUT2D eigenvalue weighted by atomic mass is 9.86. The van der Waals surface area contributed by atoms with Crippen molar-refractivity contribution in [3.63, 3.8) is 0 Å². The van der Waals surface area contributed by atoms with Crippen molar-refractivity contribution < 1.29 is 4.11 Å². The molecule has 0 spiro atoms. The highest BCUT2D eigenvalue weighted by Gasteiger charge is 2.32. The van der Waals surface area contributed by atoms with Crippen LogP contribution in [0.1, 0.15) is 26.7 Å². The van der Waals surface area contributed by atoms with Crippen LogP contribution in [0.5, 0.6) is 0 Å². The Kier molecular flexibility index (Phi) is 7.53. The first kappa shape index (κ1) is 32.9. The highest BCUT2D eigenvalue weighted by atomic mass is 32.1. The predicted octanol–water partition coefficient (Wildman–Crippen LogP) is 17.0. The minimum atomic E-state index is -0.279. The summed E-state index contributed by atoms with van der Waals surface area (Å²) < 4.78 is 34.6. The van der Waals surface area contributed by atoms with E-state index in [1.165, 1.54) is 25.7 Å². The minimum Gasteiger partial charge on any atom is -0.309 e. The van der Waals surface area contributed by atoms with Crippen LogP contribution in [-0.4, -0.2) is 4.57 Å². The number of fused-ring (bicyclic) bond motifs is 9. The fourth-order valence-electron chi connectivity index (χ4n) is 10.1. The molecule has 0 fully saturated rings. The summed E-state index contributed by atoms with van der Waals surface area (Å²) in [6, 6.07) is 75.4. The zero-order chi connectivity index (χ0) is 44.0. The minimum absolute atomic E-state index is 0.0796. The van der Waals surface area contributed by atoms with Gasteiger partial charge in [0.2, 0.25) is 0 Å². The molecule has 0 aliphatic heterocycles. The highest BCUT2D eigenvalue weighted by molar-refractivity contribution is 7.25. The van der Waals surface area contributed by atoms with Crippen molar-refractivity contribution in [2.75, 3.05) is 0 Å². The van der Waals surface area contributed by atoms with E-state index in [0.29, 0.717) is 11.6 Å². The van der Waals surface area contributed by atoms with E-state index in [4.69, 9.17) is 0 Å². The maximum atomic E-state index is 10.1. The summed E-state index contributed by atoms with van der Waals surface area (Å²) in [7, 11) is 0. The predicted molar refractivity (Wildman–Crippen MR) is 268 cm³/mol. The summed E-state index contributed by atoms with van der Waals surface area (Å²) in [5.74, 6) is -0.279. The Balaban J connectivity index is 1.03. The summed E-state index contributed by atoms with van der Waals surface area (Å²) in [5.41, 5.74) is 15.9. The molecule has 1 unspecified atom stereocenters. The van der Waals surface area contributed by atoms with Crippen molar-refractivity contribution in [1.29, 1.82) is 0 Å². The molecule has 13 rings (SSSR count). The Morgan fingerprint density at radius 3 is 1.68 bits per heavy atom. The molecule has 63 heavy (non-hydrogen) atoms. The molecule has 0 saturated heterocycles. The molecule has 0 bridgehead atoms. The molecular formula is C61H39NS. The van der Waals surface area contributed by atoms with E-state index in [-0.39, 0.29) is 18.0 Å². The molecule has 0 amide bonds. The molecule has 0 saturated carbocycles. The number of thiophene rings is 1. The molecule has 294 valence electrons. The molecule has 1 aliphatic rings. The molecule has 10 aromatic carbocycles. The molecule has 2 aromatic heterocycles. The van der Waals surface area contributed by atoms with Crippen LogP contribution in [-0.2, 0) is 0 Å². The van der Waals surface area contributed by atoms with Gasteiger partial charge in [-0.3, -0.25) is 0 Å². The van der Waals surface area contributed by atoms with Crippen LogP contribution in [0.25, 0.3) is 103 Å². The van der Waals surface area contributed by atoms with E-state index in [1.807, 2.05) is 18.2 Å². The Hall–Kier alpha value is -7.78. The quantitative estimate of drug-likeness (QED) is 0.157. The average molecular weight is 821 g/mol. The average Bonchev–Trinajstić information content (AvgIpc) is 4.04. The second-order valence-electron chi connectivity index (χ2n) is 16.5. The number of aromatic nitrogens is 1. The van der Waals surface area contributed by atoms with Gasteiger partial charge in [-0.2, -0.15) is 0 Å². The summed E-state index contributed by atoms with van der Waals surface area (Å²) in [6.07, 6.45) is 0. The van der Waals surface area contributed by atoms with Crippen LogP contribution >= 0.6 is 11.3 Å². The normalized spacial score (nSPS) is 13.9. The third kappa shape index (κ3) is 5.83. The number of hydrogen-bond donors (Lipinski definition) is 0. The van der Waals surface area contributed by atoms with E-state index in [2.05, 4.69) is 199 Å². The topological polar surface area (TPSA) is 4.93 Å². The first-order chi connectivity index (χ1) is 32.5. The summed E-state index contributed by atoms with van der Waals surface area (Å²) in [6.45, 7) is 0. The maximum Gasteiger partial charge on any atom is 0.0636 e. The van der Waals surface area contributed by atoms with E-state index < -0.39 is 0 Å². The maximum absolute atomic E-state index is 10.1. The van der Waals surface area contributed by atoms with E-state index in [1.54, 1.807) is 11.3 Å². The van der Waals surface area contributed by atoms with Gasteiger partial charge in [0.15, 0.2) is 0 Å². The van der Waals surface area contributed by atoms with Crippen LogP contribution in [0.3, 0.4) is 0 Å². The lowest BCUT2D eigenvalue weighted by Crippen LogP contribution is -1.99. The second kappa shape index (κ2) is 14.4. The van der Waals surface area contributed by atoms with Gasteiger partial charge in [0.25, 0.3) is 0 Å². The first-order valence-corrected chi connectivity index (χ1v) is 22.4. The van der Waals surface area contributed by atoms with Crippen molar-refractivity contribution in [1.82, 2.24) is 4.57 Å². The summed E-state index contributed by atoms with van der Waals surface area (Å²) in [5, 5.41) is 4.49. The zero-order valence-corrected chi connectivity index (χ0v) is 35.0. The Morgan fingerprint density at radius 1 is 0.365 bits per heavy atom. The van der Waals surface area contributed by atoms with Gasteiger partial charge >= 0.3 is 0 Å². The van der Waals surface area contributed by atoms with Gasteiger partial charge in [0.1, 0.15) is 0 Å². The molecule has 2 heterocycles. The van der Waals surface area contributed by atoms with Crippen molar-refractivity contribution in [2.45, 2.75) is 5.92 Å². The van der Waals surface area contributed by atoms with Crippen molar-refractivity contribution in [2.24, 2.45) is 0 Å². The fourth-order valence-corrected chi connectivity index (χ4v) is 11.2. The van der Waals surface area contributed by atoms with Crippen LogP contribution in [0.4, 0.5) is 0 Å². The molecule has 1 aliphatic carbocycles. The molecule has 12 aromatic rings. The Morgan fingerprint density at radius 2 is 0.921 bits per heavy atom. The van der Waals surface area contributed by atoms with Gasteiger partial charge in [-0.1, -0.05) is 170 Å². The lowest BCUT2D eigenvalue weighted by Gasteiger charge is -2.16. The van der Waals surface area contributed by atoms with Crippen molar-refractivity contribution in [3.8, 4) is 61.3 Å². The van der Waals surface area contributed by atoms with Gasteiger partial charge in [-0.15, -0.1) is 11.3 Å². The molecule has 2 heteroatoms.